The molecule has 2 amide bonds. The van der Waals surface area contributed by atoms with Gasteiger partial charge in [0, 0.05) is 48.0 Å². The Morgan fingerprint density at radius 2 is 1.71 bits per heavy atom. The fourth-order valence-electron chi connectivity index (χ4n) is 5.37. The molecule has 0 saturated carbocycles. The van der Waals surface area contributed by atoms with Crippen molar-refractivity contribution in [1.82, 2.24) is 14.4 Å². The first-order valence-electron chi connectivity index (χ1n) is 12.1. The number of hydrogen-bond acceptors (Lipinski definition) is 3. The maximum Gasteiger partial charge on any atom is 0.270 e. The first kappa shape index (κ1) is 22.9. The minimum atomic E-state index is -0.0730. The molecule has 1 atom stereocenters. The highest BCUT2D eigenvalue weighted by atomic mass is 35.5. The maximum atomic E-state index is 13.6. The third-order valence-electron chi connectivity index (χ3n) is 7.29. The van der Waals surface area contributed by atoms with Crippen molar-refractivity contribution in [2.75, 3.05) is 26.2 Å². The van der Waals surface area contributed by atoms with Gasteiger partial charge in [0.25, 0.3) is 5.91 Å². The molecule has 0 bridgehead atoms. The van der Waals surface area contributed by atoms with Crippen molar-refractivity contribution in [3.63, 3.8) is 0 Å². The Bertz CT molecular complexity index is 1180. The number of halogens is 1. The molecule has 7 heteroatoms. The van der Waals surface area contributed by atoms with Gasteiger partial charge in [0.2, 0.25) is 5.91 Å². The fourth-order valence-corrected chi connectivity index (χ4v) is 5.50. The number of aliphatic hydroxyl groups is 1. The Morgan fingerprint density at radius 3 is 2.44 bits per heavy atom. The van der Waals surface area contributed by atoms with Gasteiger partial charge in [0.1, 0.15) is 5.69 Å². The van der Waals surface area contributed by atoms with Crippen LogP contribution in [0.4, 0.5) is 0 Å². The monoisotopic (exact) mass is 479 g/mol. The topological polar surface area (TPSA) is 65.8 Å². The minimum absolute atomic E-state index is 0.00506. The zero-order valence-corrected chi connectivity index (χ0v) is 20.0. The van der Waals surface area contributed by atoms with E-state index < -0.39 is 0 Å². The van der Waals surface area contributed by atoms with Crippen LogP contribution in [0.2, 0.25) is 5.02 Å². The molecular formula is C27H30ClN3O3. The zero-order valence-electron chi connectivity index (χ0n) is 19.2. The molecule has 2 aromatic carbocycles. The average molecular weight is 480 g/mol. The number of fused-ring (bicyclic) bond motifs is 1. The van der Waals surface area contributed by atoms with E-state index in [9.17, 15) is 14.7 Å². The number of benzene rings is 2. The van der Waals surface area contributed by atoms with Crippen LogP contribution in [0.15, 0.2) is 54.6 Å². The lowest BCUT2D eigenvalue weighted by Crippen LogP contribution is -2.46. The van der Waals surface area contributed by atoms with Crippen molar-refractivity contribution in [2.24, 2.45) is 5.92 Å². The van der Waals surface area contributed by atoms with Crippen molar-refractivity contribution in [1.29, 1.82) is 0 Å². The lowest BCUT2D eigenvalue weighted by Gasteiger charge is -2.34. The number of amides is 2. The van der Waals surface area contributed by atoms with Gasteiger partial charge >= 0.3 is 0 Å². The van der Waals surface area contributed by atoms with E-state index in [0.29, 0.717) is 43.2 Å². The van der Waals surface area contributed by atoms with Crippen LogP contribution >= 0.6 is 11.6 Å². The van der Waals surface area contributed by atoms with E-state index in [4.69, 9.17) is 11.6 Å². The van der Waals surface area contributed by atoms with E-state index in [1.54, 1.807) is 0 Å². The number of piperidine rings is 1. The largest absolute Gasteiger partial charge is 0.394 e. The maximum absolute atomic E-state index is 13.6. The summed E-state index contributed by atoms with van der Waals surface area (Å²) in [4.78, 5) is 30.4. The minimum Gasteiger partial charge on any atom is -0.394 e. The number of para-hydroxylation sites is 1. The number of aliphatic hydroxyl groups excluding tert-OH is 1. The SMILES string of the molecule is O=C(c1cc2ccccc2n1Cc1ccc(Cl)cc1)N1CCC(C(=O)N2CCCC2CO)CC1. The number of nitrogens with zero attached hydrogens (tertiary/aromatic N) is 3. The lowest BCUT2D eigenvalue weighted by molar-refractivity contribution is -0.138. The van der Waals surface area contributed by atoms with Crippen LogP contribution in [0.3, 0.4) is 0 Å². The second-order valence-electron chi connectivity index (χ2n) is 9.38. The van der Waals surface area contributed by atoms with Gasteiger partial charge in [-0.1, -0.05) is 41.9 Å². The molecule has 2 aliphatic heterocycles. The van der Waals surface area contributed by atoms with Gasteiger partial charge in [0.15, 0.2) is 0 Å². The van der Waals surface area contributed by atoms with Gasteiger partial charge in [-0.25, -0.2) is 0 Å². The smallest absolute Gasteiger partial charge is 0.270 e. The Morgan fingerprint density at radius 1 is 0.971 bits per heavy atom. The number of aromatic nitrogens is 1. The van der Waals surface area contributed by atoms with Gasteiger partial charge in [-0.3, -0.25) is 9.59 Å². The summed E-state index contributed by atoms with van der Waals surface area (Å²) in [5, 5.41) is 11.3. The zero-order chi connectivity index (χ0) is 23.7. The van der Waals surface area contributed by atoms with Crippen LogP contribution in [0.5, 0.6) is 0 Å². The van der Waals surface area contributed by atoms with Crippen molar-refractivity contribution in [3.8, 4) is 0 Å². The summed E-state index contributed by atoms with van der Waals surface area (Å²) in [5.41, 5.74) is 2.77. The molecule has 2 aliphatic rings. The summed E-state index contributed by atoms with van der Waals surface area (Å²) >= 11 is 6.06. The van der Waals surface area contributed by atoms with Gasteiger partial charge in [-0.2, -0.15) is 0 Å². The number of carbonyl (C=O) groups excluding carboxylic acids is 2. The predicted molar refractivity (Wildman–Crippen MR) is 133 cm³/mol. The van der Waals surface area contributed by atoms with Crippen molar-refractivity contribution < 1.29 is 14.7 Å². The second-order valence-corrected chi connectivity index (χ2v) is 9.81. The quantitative estimate of drug-likeness (QED) is 0.597. The predicted octanol–water partition coefficient (Wildman–Crippen LogP) is 4.18. The fraction of sp³-hybridized carbons (Fsp3) is 0.407. The Hall–Kier alpha value is -2.83. The number of rotatable bonds is 5. The molecular weight excluding hydrogens is 450 g/mol. The van der Waals surface area contributed by atoms with E-state index in [1.165, 1.54) is 0 Å². The third kappa shape index (κ3) is 4.44. The molecule has 34 heavy (non-hydrogen) atoms. The first-order chi connectivity index (χ1) is 16.5. The molecule has 0 aliphatic carbocycles. The van der Waals surface area contributed by atoms with Gasteiger partial charge in [-0.05, 0) is 55.5 Å². The molecule has 6 nitrogen and oxygen atoms in total. The van der Waals surface area contributed by atoms with Crippen LogP contribution in [-0.2, 0) is 11.3 Å². The number of carbonyl (C=O) groups is 2. The first-order valence-corrected chi connectivity index (χ1v) is 12.5. The average Bonchev–Trinajstić information content (AvgIpc) is 3.49. The lowest BCUT2D eigenvalue weighted by atomic mass is 9.94. The van der Waals surface area contributed by atoms with Crippen LogP contribution in [0.1, 0.15) is 41.7 Å². The summed E-state index contributed by atoms with van der Waals surface area (Å²) in [6.07, 6.45) is 3.15. The highest BCUT2D eigenvalue weighted by Gasteiger charge is 2.35. The van der Waals surface area contributed by atoms with E-state index in [1.807, 2.05) is 64.4 Å². The normalized spacial score (nSPS) is 19.2. The van der Waals surface area contributed by atoms with Crippen molar-refractivity contribution in [2.45, 2.75) is 38.3 Å². The third-order valence-corrected chi connectivity index (χ3v) is 7.54. The van der Waals surface area contributed by atoms with Crippen LogP contribution in [0, 0.1) is 5.92 Å². The van der Waals surface area contributed by atoms with Crippen molar-refractivity contribution in [3.05, 3.63) is 70.9 Å². The Kier molecular flexibility index (Phi) is 6.61. The van der Waals surface area contributed by atoms with E-state index in [0.717, 1.165) is 35.9 Å². The van der Waals surface area contributed by atoms with Crippen LogP contribution in [-0.4, -0.2) is 63.6 Å². The Balaban J connectivity index is 1.33. The molecule has 0 radical (unpaired) electrons. The highest BCUT2D eigenvalue weighted by molar-refractivity contribution is 6.30. The second kappa shape index (κ2) is 9.80. The van der Waals surface area contributed by atoms with Crippen molar-refractivity contribution >= 4 is 34.3 Å². The molecule has 2 saturated heterocycles. The van der Waals surface area contributed by atoms with Crippen LogP contribution < -0.4 is 0 Å². The van der Waals surface area contributed by atoms with E-state index >= 15 is 0 Å². The molecule has 1 N–H and O–H groups in total. The summed E-state index contributed by atoms with van der Waals surface area (Å²) < 4.78 is 2.08. The van der Waals surface area contributed by atoms with Gasteiger partial charge < -0.3 is 19.5 Å². The summed E-state index contributed by atoms with van der Waals surface area (Å²) in [6.45, 7) is 2.47. The standard InChI is InChI=1S/C27H30ClN3O3/c28-22-9-7-19(8-10-22)17-31-24-6-2-1-4-21(24)16-25(31)27(34)29-14-11-20(12-15-29)26(33)30-13-3-5-23(30)18-32/h1-2,4,6-10,16,20,23,32H,3,5,11-15,17-18H2. The number of likely N-dealkylation sites (tertiary alicyclic amines) is 2. The van der Waals surface area contributed by atoms with E-state index in [2.05, 4.69) is 4.57 Å². The summed E-state index contributed by atoms with van der Waals surface area (Å²) in [5.74, 6) is 0.0714. The highest BCUT2D eigenvalue weighted by Crippen LogP contribution is 2.28. The van der Waals surface area contributed by atoms with Crippen LogP contribution in [0.25, 0.3) is 10.9 Å². The molecule has 3 aromatic rings. The molecule has 178 valence electrons. The molecule has 0 spiro atoms. The van der Waals surface area contributed by atoms with Gasteiger partial charge in [-0.15, -0.1) is 0 Å². The summed E-state index contributed by atoms with van der Waals surface area (Å²) in [6, 6.07) is 17.7. The molecule has 3 heterocycles. The Labute approximate surface area is 204 Å². The number of hydrogen-bond donors (Lipinski definition) is 1. The molecule has 5 rings (SSSR count). The molecule has 1 aromatic heterocycles. The van der Waals surface area contributed by atoms with E-state index in [-0.39, 0.29) is 30.4 Å². The molecule has 1 unspecified atom stereocenters. The summed E-state index contributed by atoms with van der Waals surface area (Å²) in [7, 11) is 0. The van der Waals surface area contributed by atoms with Gasteiger partial charge in [0.05, 0.1) is 12.6 Å². The molecule has 2 fully saturated rings.